The van der Waals surface area contributed by atoms with Gasteiger partial charge in [-0.2, -0.15) is 4.98 Å². The molecular weight excluding hydrogens is 404 g/mol. The molecule has 2 heterocycles. The molecule has 4 rings (SSSR count). The largest absolute Gasteiger partial charge is 0.377 e. The number of amides is 1. The van der Waals surface area contributed by atoms with Crippen LogP contribution in [0.2, 0.25) is 0 Å². The average Bonchev–Trinajstić information content (AvgIpc) is 3.17. The fourth-order valence-electron chi connectivity index (χ4n) is 3.84. The molecule has 1 amide bonds. The summed E-state index contributed by atoms with van der Waals surface area (Å²) in [4.78, 5) is 21.4. The van der Waals surface area contributed by atoms with E-state index in [2.05, 4.69) is 15.0 Å². The van der Waals surface area contributed by atoms with Crippen molar-refractivity contribution in [2.45, 2.75) is 32.4 Å². The van der Waals surface area contributed by atoms with Gasteiger partial charge < -0.3 is 14.2 Å². The molecule has 0 aliphatic carbocycles. The molecule has 0 atom stereocenters. The number of rotatable bonds is 9. The Balaban J connectivity index is 1.17. The Hall–Kier alpha value is -3.03. The van der Waals surface area contributed by atoms with Crippen LogP contribution in [0.1, 0.15) is 30.7 Å². The van der Waals surface area contributed by atoms with E-state index in [0.717, 1.165) is 50.1 Å². The van der Waals surface area contributed by atoms with E-state index in [-0.39, 0.29) is 5.91 Å². The van der Waals surface area contributed by atoms with Crippen LogP contribution in [0.25, 0.3) is 11.5 Å². The van der Waals surface area contributed by atoms with E-state index < -0.39 is 0 Å². The second kappa shape index (κ2) is 11.5. The number of carbonyl (C=O) groups is 1. The van der Waals surface area contributed by atoms with Crippen LogP contribution in [0.3, 0.4) is 0 Å². The van der Waals surface area contributed by atoms with E-state index >= 15 is 0 Å². The molecule has 1 saturated heterocycles. The van der Waals surface area contributed by atoms with Crippen molar-refractivity contribution in [2.75, 3.05) is 32.8 Å². The van der Waals surface area contributed by atoms with Gasteiger partial charge in [0.1, 0.15) is 0 Å². The normalized spacial score (nSPS) is 14.9. The first-order valence-electron chi connectivity index (χ1n) is 11.3. The Bertz CT molecular complexity index is 962. The quantitative estimate of drug-likeness (QED) is 0.478. The molecule has 0 bridgehead atoms. The molecule has 2 aromatic carbocycles. The van der Waals surface area contributed by atoms with Crippen molar-refractivity contribution in [1.82, 2.24) is 19.9 Å². The SMILES string of the molecule is O=C(CCCOCc1ccccc1)N1CCCN(Cc2noc(-c3ccccc3)n2)CC1. The molecule has 0 spiro atoms. The number of hydrogen-bond donors (Lipinski definition) is 0. The second-order valence-electron chi connectivity index (χ2n) is 8.03. The summed E-state index contributed by atoms with van der Waals surface area (Å²) in [5.74, 6) is 1.43. The summed E-state index contributed by atoms with van der Waals surface area (Å²) in [6, 6.07) is 19.9. The van der Waals surface area contributed by atoms with Gasteiger partial charge in [0.15, 0.2) is 5.82 Å². The molecule has 0 N–H and O–H groups in total. The van der Waals surface area contributed by atoms with Gasteiger partial charge in [0.25, 0.3) is 5.89 Å². The molecule has 1 aliphatic heterocycles. The monoisotopic (exact) mass is 434 g/mol. The minimum absolute atomic E-state index is 0.209. The molecule has 1 aliphatic rings. The van der Waals surface area contributed by atoms with E-state index in [9.17, 15) is 4.79 Å². The van der Waals surface area contributed by atoms with Crippen LogP contribution in [0.4, 0.5) is 0 Å². The summed E-state index contributed by atoms with van der Waals surface area (Å²) in [5.41, 5.74) is 2.08. The molecule has 7 heteroatoms. The Morgan fingerprint density at radius 2 is 1.75 bits per heavy atom. The van der Waals surface area contributed by atoms with Crippen molar-refractivity contribution in [1.29, 1.82) is 0 Å². The first-order valence-corrected chi connectivity index (χ1v) is 11.3. The smallest absolute Gasteiger partial charge is 0.257 e. The van der Waals surface area contributed by atoms with E-state index in [4.69, 9.17) is 9.26 Å². The van der Waals surface area contributed by atoms with Gasteiger partial charge in [0, 0.05) is 44.8 Å². The summed E-state index contributed by atoms with van der Waals surface area (Å²) in [7, 11) is 0. The van der Waals surface area contributed by atoms with Crippen LogP contribution in [0.5, 0.6) is 0 Å². The summed E-state index contributed by atoms with van der Waals surface area (Å²) >= 11 is 0. The lowest BCUT2D eigenvalue weighted by Gasteiger charge is -2.21. The molecule has 1 fully saturated rings. The maximum absolute atomic E-state index is 12.6. The van der Waals surface area contributed by atoms with Crippen LogP contribution in [0.15, 0.2) is 65.2 Å². The molecule has 32 heavy (non-hydrogen) atoms. The predicted molar refractivity (Wildman–Crippen MR) is 122 cm³/mol. The Kier molecular flexibility index (Phi) is 8.00. The first-order chi connectivity index (χ1) is 15.8. The zero-order chi connectivity index (χ0) is 22.0. The van der Waals surface area contributed by atoms with Gasteiger partial charge in [-0.25, -0.2) is 0 Å². The number of aromatic nitrogens is 2. The van der Waals surface area contributed by atoms with Crippen LogP contribution < -0.4 is 0 Å². The third-order valence-electron chi connectivity index (χ3n) is 5.59. The van der Waals surface area contributed by atoms with Gasteiger partial charge in [0.2, 0.25) is 5.91 Å². The maximum atomic E-state index is 12.6. The van der Waals surface area contributed by atoms with Crippen LogP contribution >= 0.6 is 0 Å². The fraction of sp³-hybridized carbons (Fsp3) is 0.400. The number of carbonyl (C=O) groups excluding carboxylic acids is 1. The topological polar surface area (TPSA) is 71.7 Å². The van der Waals surface area contributed by atoms with Gasteiger partial charge in [0.05, 0.1) is 13.2 Å². The fourth-order valence-corrected chi connectivity index (χ4v) is 3.84. The van der Waals surface area contributed by atoms with Crippen molar-refractivity contribution in [2.24, 2.45) is 0 Å². The summed E-state index contributed by atoms with van der Waals surface area (Å²) in [6.45, 7) is 5.07. The molecule has 7 nitrogen and oxygen atoms in total. The Morgan fingerprint density at radius 3 is 2.56 bits per heavy atom. The molecule has 1 aromatic heterocycles. The Morgan fingerprint density at radius 1 is 0.969 bits per heavy atom. The standard InChI is InChI=1S/C25H30N4O3/c30-24(13-7-18-31-20-21-9-3-1-4-10-21)29-15-8-14-28(16-17-29)19-23-26-25(32-27-23)22-11-5-2-6-12-22/h1-6,9-12H,7-8,13-20H2. The lowest BCUT2D eigenvalue weighted by Crippen LogP contribution is -2.35. The average molecular weight is 435 g/mol. The Labute approximate surface area is 189 Å². The van der Waals surface area contributed by atoms with Crippen molar-refractivity contribution in [3.63, 3.8) is 0 Å². The highest BCUT2D eigenvalue weighted by Gasteiger charge is 2.20. The summed E-state index contributed by atoms with van der Waals surface area (Å²) in [5, 5.41) is 4.13. The summed E-state index contributed by atoms with van der Waals surface area (Å²) in [6.07, 6.45) is 2.22. The van der Waals surface area contributed by atoms with E-state index in [1.807, 2.05) is 65.6 Å². The zero-order valence-electron chi connectivity index (χ0n) is 18.4. The van der Waals surface area contributed by atoms with Crippen molar-refractivity contribution >= 4 is 5.91 Å². The molecule has 0 saturated carbocycles. The maximum Gasteiger partial charge on any atom is 0.257 e. The zero-order valence-corrected chi connectivity index (χ0v) is 18.4. The third-order valence-corrected chi connectivity index (χ3v) is 5.59. The highest BCUT2D eigenvalue weighted by molar-refractivity contribution is 5.76. The van der Waals surface area contributed by atoms with Crippen LogP contribution in [-0.2, 0) is 22.7 Å². The van der Waals surface area contributed by atoms with Gasteiger partial charge in [-0.1, -0.05) is 53.7 Å². The second-order valence-corrected chi connectivity index (χ2v) is 8.03. The van der Waals surface area contributed by atoms with Gasteiger partial charge in [-0.15, -0.1) is 0 Å². The number of nitrogens with zero attached hydrogens (tertiary/aromatic N) is 4. The lowest BCUT2D eigenvalue weighted by atomic mass is 10.2. The lowest BCUT2D eigenvalue weighted by molar-refractivity contribution is -0.131. The molecular formula is C25H30N4O3. The van der Waals surface area contributed by atoms with Gasteiger partial charge in [-0.3, -0.25) is 9.69 Å². The first kappa shape index (κ1) is 22.2. The highest BCUT2D eigenvalue weighted by Crippen LogP contribution is 2.17. The van der Waals surface area contributed by atoms with E-state index in [1.54, 1.807) is 0 Å². The van der Waals surface area contributed by atoms with Crippen molar-refractivity contribution in [3.05, 3.63) is 72.1 Å². The predicted octanol–water partition coefficient (Wildman–Crippen LogP) is 3.77. The number of benzene rings is 2. The summed E-state index contributed by atoms with van der Waals surface area (Å²) < 4.78 is 11.1. The number of hydrogen-bond acceptors (Lipinski definition) is 6. The minimum atomic E-state index is 0.209. The number of ether oxygens (including phenoxy) is 1. The molecule has 0 unspecified atom stereocenters. The molecule has 168 valence electrons. The van der Waals surface area contributed by atoms with Crippen LogP contribution in [-0.4, -0.2) is 58.6 Å². The van der Waals surface area contributed by atoms with E-state index in [0.29, 0.717) is 37.9 Å². The van der Waals surface area contributed by atoms with Gasteiger partial charge >= 0.3 is 0 Å². The molecule has 3 aromatic rings. The van der Waals surface area contributed by atoms with Crippen LogP contribution in [0, 0.1) is 0 Å². The molecule has 0 radical (unpaired) electrons. The van der Waals surface area contributed by atoms with E-state index in [1.165, 1.54) is 0 Å². The van der Waals surface area contributed by atoms with Crippen molar-refractivity contribution in [3.8, 4) is 11.5 Å². The third kappa shape index (κ3) is 6.48. The highest BCUT2D eigenvalue weighted by atomic mass is 16.5. The minimum Gasteiger partial charge on any atom is -0.377 e. The van der Waals surface area contributed by atoms with Gasteiger partial charge in [-0.05, 0) is 30.5 Å². The van der Waals surface area contributed by atoms with Crippen molar-refractivity contribution < 1.29 is 14.1 Å².